The van der Waals surface area contributed by atoms with Gasteiger partial charge in [-0.05, 0) is 48.1 Å². The molecule has 0 amide bonds. The zero-order valence-corrected chi connectivity index (χ0v) is 33.2. The molecule has 0 saturated carbocycles. The third-order valence-corrected chi connectivity index (χ3v) is 11.5. The molecule has 270 valence electrons. The predicted molar refractivity (Wildman–Crippen MR) is 205 cm³/mol. The van der Waals surface area contributed by atoms with Gasteiger partial charge in [0.15, 0.2) is 0 Å². The second-order valence-corrected chi connectivity index (χ2v) is 16.4. The van der Waals surface area contributed by atoms with Crippen LogP contribution in [0, 0.1) is 0 Å². The Hall–Kier alpha value is -0.630. The Balaban J connectivity index is 2.63. The van der Waals surface area contributed by atoms with Crippen LogP contribution in [0.3, 0.4) is 0 Å². The van der Waals surface area contributed by atoms with Gasteiger partial charge in [0.25, 0.3) is 0 Å². The van der Waals surface area contributed by atoms with Crippen LogP contribution < -0.4 is 4.52 Å². The summed E-state index contributed by atoms with van der Waals surface area (Å²) >= 11 is 0. The predicted octanol–water partition coefficient (Wildman–Crippen LogP) is 15.3. The zero-order chi connectivity index (χ0) is 33.9. The Morgan fingerprint density at radius 3 is 1.22 bits per heavy atom. The fraction of sp³-hybridized carbons (Fsp3) is 0.857. The minimum absolute atomic E-state index is 0.0160. The first-order valence-corrected chi connectivity index (χ1v) is 21.2. The lowest BCUT2D eigenvalue weighted by atomic mass is 9.76. The molecule has 1 aromatic rings. The van der Waals surface area contributed by atoms with Crippen molar-refractivity contribution >= 4 is 8.60 Å². The van der Waals surface area contributed by atoms with Crippen molar-refractivity contribution in [3.8, 4) is 5.75 Å². The molecule has 0 fully saturated rings. The molecule has 3 nitrogen and oxygen atoms in total. The summed E-state index contributed by atoms with van der Waals surface area (Å²) in [6, 6.07) is 6.84. The van der Waals surface area contributed by atoms with Gasteiger partial charge in [0.2, 0.25) is 0 Å². The second-order valence-electron chi connectivity index (χ2n) is 15.2. The molecule has 0 aliphatic heterocycles. The van der Waals surface area contributed by atoms with Gasteiger partial charge in [0, 0.05) is 5.56 Å². The Morgan fingerprint density at radius 1 is 0.478 bits per heavy atom. The van der Waals surface area contributed by atoms with Crippen molar-refractivity contribution in [1.29, 1.82) is 0 Å². The Labute approximate surface area is 290 Å². The van der Waals surface area contributed by atoms with Crippen molar-refractivity contribution in [2.75, 3.05) is 13.2 Å². The maximum Gasteiger partial charge on any atom is 0.397 e. The molecular formula is C42H79O3P. The van der Waals surface area contributed by atoms with E-state index in [1.807, 2.05) is 0 Å². The summed E-state index contributed by atoms with van der Waals surface area (Å²) in [5.74, 6) is 0.937. The summed E-state index contributed by atoms with van der Waals surface area (Å²) in [7, 11) is -1.42. The number of benzene rings is 1. The lowest BCUT2D eigenvalue weighted by Gasteiger charge is -2.31. The molecule has 0 aliphatic carbocycles. The highest BCUT2D eigenvalue weighted by Gasteiger charge is 2.28. The minimum atomic E-state index is -1.42. The van der Waals surface area contributed by atoms with Crippen molar-refractivity contribution in [3.05, 3.63) is 29.3 Å². The van der Waals surface area contributed by atoms with E-state index in [2.05, 4.69) is 73.6 Å². The van der Waals surface area contributed by atoms with E-state index in [1.165, 1.54) is 140 Å². The topological polar surface area (TPSA) is 27.7 Å². The van der Waals surface area contributed by atoms with Crippen LogP contribution in [0.15, 0.2) is 18.2 Å². The molecule has 0 unspecified atom stereocenters. The normalized spacial score (nSPS) is 12.4. The van der Waals surface area contributed by atoms with Gasteiger partial charge in [-0.2, -0.15) is 0 Å². The van der Waals surface area contributed by atoms with Crippen LogP contribution in [0.25, 0.3) is 0 Å². The molecule has 0 spiro atoms. The Kier molecular flexibility index (Phi) is 25.7. The van der Waals surface area contributed by atoms with E-state index >= 15 is 0 Å². The van der Waals surface area contributed by atoms with Crippen molar-refractivity contribution in [2.24, 2.45) is 0 Å². The molecule has 0 atom stereocenters. The smallest absolute Gasteiger partial charge is 0.397 e. The van der Waals surface area contributed by atoms with Crippen LogP contribution in [0.2, 0.25) is 0 Å². The molecule has 4 heteroatoms. The molecule has 46 heavy (non-hydrogen) atoms. The first-order valence-electron chi connectivity index (χ1n) is 20.1. The van der Waals surface area contributed by atoms with Gasteiger partial charge in [-0.1, -0.05) is 196 Å². The van der Waals surface area contributed by atoms with Crippen molar-refractivity contribution in [2.45, 2.75) is 220 Å². The van der Waals surface area contributed by atoms with Gasteiger partial charge in [0.1, 0.15) is 5.75 Å². The highest BCUT2D eigenvalue weighted by atomic mass is 31.2. The lowest BCUT2D eigenvalue weighted by molar-refractivity contribution is 0.197. The molecule has 0 aromatic heterocycles. The summed E-state index contributed by atoms with van der Waals surface area (Å²) in [6.07, 6.45) is 31.6. The monoisotopic (exact) mass is 663 g/mol. The van der Waals surface area contributed by atoms with E-state index in [9.17, 15) is 0 Å². The third-order valence-electron chi connectivity index (χ3n) is 10.3. The van der Waals surface area contributed by atoms with Crippen LogP contribution in [-0.4, -0.2) is 13.2 Å². The van der Waals surface area contributed by atoms with Gasteiger partial charge in [0.05, 0.1) is 13.2 Å². The largest absolute Gasteiger partial charge is 0.426 e. The average Bonchev–Trinajstić information content (AvgIpc) is 3.05. The van der Waals surface area contributed by atoms with Gasteiger partial charge >= 0.3 is 8.60 Å². The van der Waals surface area contributed by atoms with E-state index in [-0.39, 0.29) is 10.8 Å². The summed E-state index contributed by atoms with van der Waals surface area (Å²) in [5.41, 5.74) is 2.81. The van der Waals surface area contributed by atoms with Crippen LogP contribution in [0.5, 0.6) is 5.75 Å². The number of rotatable bonds is 32. The van der Waals surface area contributed by atoms with Crippen molar-refractivity contribution in [3.63, 3.8) is 0 Å². The van der Waals surface area contributed by atoms with E-state index in [4.69, 9.17) is 13.6 Å². The summed E-state index contributed by atoms with van der Waals surface area (Å²) in [5, 5.41) is 0. The Morgan fingerprint density at radius 2 is 0.848 bits per heavy atom. The molecule has 1 rings (SSSR count). The van der Waals surface area contributed by atoms with Gasteiger partial charge in [-0.3, -0.25) is 0 Å². The molecule has 0 aliphatic rings. The average molecular weight is 663 g/mol. The van der Waals surface area contributed by atoms with Gasteiger partial charge in [-0.15, -0.1) is 0 Å². The van der Waals surface area contributed by atoms with Gasteiger partial charge < -0.3 is 13.6 Å². The molecule has 0 heterocycles. The maximum atomic E-state index is 6.66. The van der Waals surface area contributed by atoms with E-state index in [0.29, 0.717) is 13.2 Å². The number of unbranched alkanes of at least 4 members (excludes halogenated alkanes) is 20. The van der Waals surface area contributed by atoms with Crippen LogP contribution in [-0.2, 0) is 19.9 Å². The molecule has 0 radical (unpaired) electrons. The van der Waals surface area contributed by atoms with Crippen LogP contribution in [0.4, 0.5) is 0 Å². The molecule has 1 aromatic carbocycles. The first-order chi connectivity index (χ1) is 22.2. The van der Waals surface area contributed by atoms with Crippen LogP contribution in [0.1, 0.15) is 221 Å². The highest BCUT2D eigenvalue weighted by molar-refractivity contribution is 7.42. The summed E-state index contributed by atoms with van der Waals surface area (Å²) < 4.78 is 19.4. The first kappa shape index (κ1) is 43.4. The quantitative estimate of drug-likeness (QED) is 0.0567. The van der Waals surface area contributed by atoms with E-state index in [1.54, 1.807) is 0 Å². The number of hydrogen-bond donors (Lipinski definition) is 0. The second kappa shape index (κ2) is 27.2. The minimum Gasteiger partial charge on any atom is -0.426 e. The fourth-order valence-electron chi connectivity index (χ4n) is 5.94. The summed E-state index contributed by atoms with van der Waals surface area (Å²) in [4.78, 5) is 0. The highest BCUT2D eigenvalue weighted by Crippen LogP contribution is 2.46. The standard InChI is InChI=1S/C42H79O3P/c1-9-13-15-17-19-21-23-25-27-29-31-35-43-46(44-36-32-30-28-26-24-22-20-18-16-14-10-2)45-40-34-33-38(41(5,6)11-3)37-39(40)42(7,8)12-4/h33-34,37H,9-32,35-36H2,1-8H3. The Bertz CT molecular complexity index is 808. The number of hydrogen-bond acceptors (Lipinski definition) is 3. The van der Waals surface area contributed by atoms with E-state index in [0.717, 1.165) is 31.4 Å². The van der Waals surface area contributed by atoms with Crippen LogP contribution >= 0.6 is 8.60 Å². The summed E-state index contributed by atoms with van der Waals surface area (Å²) in [6.45, 7) is 19.9. The van der Waals surface area contributed by atoms with E-state index < -0.39 is 8.60 Å². The SMILES string of the molecule is CCCCCCCCCCCCCOP(OCCCCCCCCCCCCC)Oc1ccc(C(C)(C)CC)cc1C(C)(C)CC. The van der Waals surface area contributed by atoms with Crippen molar-refractivity contribution in [1.82, 2.24) is 0 Å². The molecule has 0 bridgehead atoms. The molecule has 0 saturated heterocycles. The maximum absolute atomic E-state index is 6.66. The lowest BCUT2D eigenvalue weighted by Crippen LogP contribution is -2.21. The zero-order valence-electron chi connectivity index (χ0n) is 32.3. The molecular weight excluding hydrogens is 583 g/mol. The van der Waals surface area contributed by atoms with Crippen molar-refractivity contribution < 1.29 is 13.6 Å². The van der Waals surface area contributed by atoms with Gasteiger partial charge in [-0.25, -0.2) is 0 Å². The molecule has 0 N–H and O–H groups in total. The fourth-order valence-corrected chi connectivity index (χ4v) is 6.99. The third kappa shape index (κ3) is 20.0.